The minimum absolute atomic E-state index is 0.157. The molecule has 158 valence electrons. The summed E-state index contributed by atoms with van der Waals surface area (Å²) in [5, 5.41) is 3.68. The van der Waals surface area contributed by atoms with Crippen LogP contribution in [0.4, 0.5) is 5.69 Å². The van der Waals surface area contributed by atoms with E-state index >= 15 is 0 Å². The van der Waals surface area contributed by atoms with Gasteiger partial charge in [-0.3, -0.25) is 14.5 Å². The van der Waals surface area contributed by atoms with Crippen LogP contribution >= 0.6 is 11.6 Å². The first-order valence-corrected chi connectivity index (χ1v) is 10.8. The zero-order valence-corrected chi connectivity index (χ0v) is 18.4. The number of amides is 2. The average Bonchev–Trinajstić information content (AvgIpc) is 2.79. The van der Waals surface area contributed by atoms with Gasteiger partial charge in [0.15, 0.2) is 0 Å². The summed E-state index contributed by atoms with van der Waals surface area (Å²) < 4.78 is 0. The molecular weight excluding hydrogens is 408 g/mol. The van der Waals surface area contributed by atoms with E-state index in [2.05, 4.69) is 12.2 Å². The highest BCUT2D eigenvalue weighted by Gasteiger charge is 2.47. The molecule has 0 radical (unpaired) electrons. The highest BCUT2D eigenvalue weighted by atomic mass is 35.5. The highest BCUT2D eigenvalue weighted by molar-refractivity contribution is 6.30. The lowest BCUT2D eigenvalue weighted by atomic mass is 9.82. The van der Waals surface area contributed by atoms with Crippen LogP contribution in [0.1, 0.15) is 40.9 Å². The first-order valence-electron chi connectivity index (χ1n) is 10.5. The van der Waals surface area contributed by atoms with E-state index in [1.54, 1.807) is 17.0 Å². The van der Waals surface area contributed by atoms with E-state index in [9.17, 15) is 9.59 Å². The van der Waals surface area contributed by atoms with Crippen molar-refractivity contribution in [2.75, 3.05) is 4.90 Å². The van der Waals surface area contributed by atoms with Gasteiger partial charge < -0.3 is 5.32 Å². The van der Waals surface area contributed by atoms with E-state index in [0.29, 0.717) is 23.6 Å². The largest absolute Gasteiger partial charge is 0.350 e. The van der Waals surface area contributed by atoms with Crippen LogP contribution in [0.3, 0.4) is 0 Å². The number of anilines is 1. The second kappa shape index (κ2) is 8.56. The normalized spacial score (nSPS) is 17.9. The number of hydrogen-bond acceptors (Lipinski definition) is 2. The Morgan fingerprint density at radius 2 is 1.65 bits per heavy atom. The molecule has 0 saturated heterocycles. The molecule has 0 bridgehead atoms. The fraction of sp³-hybridized carbons (Fsp3) is 0.231. The van der Waals surface area contributed by atoms with Crippen LogP contribution in [0.15, 0.2) is 72.8 Å². The number of aryl methyl sites for hydroxylation is 1. The minimum Gasteiger partial charge on any atom is -0.350 e. The summed E-state index contributed by atoms with van der Waals surface area (Å²) in [7, 11) is 0. The van der Waals surface area contributed by atoms with Crippen LogP contribution in [0.2, 0.25) is 5.02 Å². The zero-order valence-electron chi connectivity index (χ0n) is 17.7. The third-order valence-corrected chi connectivity index (χ3v) is 6.19. The van der Waals surface area contributed by atoms with E-state index < -0.39 is 5.54 Å². The number of halogens is 1. The first kappa shape index (κ1) is 21.1. The van der Waals surface area contributed by atoms with Crippen LogP contribution in [0.25, 0.3) is 0 Å². The van der Waals surface area contributed by atoms with E-state index in [1.807, 2.05) is 67.6 Å². The van der Waals surface area contributed by atoms with Crippen molar-refractivity contribution in [1.82, 2.24) is 5.32 Å². The Hall–Kier alpha value is -3.11. The summed E-state index contributed by atoms with van der Waals surface area (Å²) in [5.41, 5.74) is 3.33. The van der Waals surface area contributed by atoms with Crippen molar-refractivity contribution in [1.29, 1.82) is 0 Å². The van der Waals surface area contributed by atoms with Gasteiger partial charge in [0, 0.05) is 29.2 Å². The van der Waals surface area contributed by atoms with Gasteiger partial charge in [-0.2, -0.15) is 0 Å². The maximum atomic E-state index is 13.5. The predicted molar refractivity (Wildman–Crippen MR) is 124 cm³/mol. The summed E-state index contributed by atoms with van der Waals surface area (Å²) in [6.07, 6.45) is 1.35. The van der Waals surface area contributed by atoms with Gasteiger partial charge in [-0.15, -0.1) is 0 Å². The van der Waals surface area contributed by atoms with Crippen LogP contribution in [-0.2, 0) is 24.2 Å². The molecule has 1 unspecified atom stereocenters. The van der Waals surface area contributed by atoms with E-state index in [4.69, 9.17) is 11.6 Å². The molecule has 0 spiro atoms. The van der Waals surface area contributed by atoms with E-state index in [-0.39, 0.29) is 11.8 Å². The Morgan fingerprint density at radius 1 is 1.00 bits per heavy atom. The maximum absolute atomic E-state index is 13.5. The van der Waals surface area contributed by atoms with Crippen molar-refractivity contribution in [2.24, 2.45) is 0 Å². The standard InChI is InChI=1S/C26H25ClN2O2/c1-3-18-10-14-22(15-11-18)29-24(30)23-7-5-4-6-20(23)16-26(29,2)25(31)28-17-19-8-12-21(27)13-9-19/h4-15H,3,16-17H2,1-2H3,(H,28,31). The summed E-state index contributed by atoms with van der Waals surface area (Å²) in [6, 6.07) is 22.8. The van der Waals surface area contributed by atoms with Crippen molar-refractivity contribution in [2.45, 2.75) is 38.8 Å². The number of rotatable bonds is 5. The molecule has 0 aromatic heterocycles. The topological polar surface area (TPSA) is 49.4 Å². The number of nitrogens with one attached hydrogen (secondary N) is 1. The fourth-order valence-corrected chi connectivity index (χ4v) is 4.24. The van der Waals surface area contributed by atoms with Gasteiger partial charge >= 0.3 is 0 Å². The molecule has 1 heterocycles. The summed E-state index contributed by atoms with van der Waals surface area (Å²) in [5.74, 6) is -0.347. The maximum Gasteiger partial charge on any atom is 0.259 e. The quantitative estimate of drug-likeness (QED) is 0.603. The SMILES string of the molecule is CCc1ccc(N2C(=O)c3ccccc3CC2(C)C(=O)NCc2ccc(Cl)cc2)cc1. The molecule has 1 aliphatic heterocycles. The Balaban J connectivity index is 1.69. The Labute approximate surface area is 187 Å². The molecule has 3 aromatic carbocycles. The summed E-state index contributed by atoms with van der Waals surface area (Å²) >= 11 is 5.96. The third kappa shape index (κ3) is 4.08. The molecule has 0 fully saturated rings. The van der Waals surface area contributed by atoms with Gasteiger partial charge in [0.1, 0.15) is 5.54 Å². The van der Waals surface area contributed by atoms with Gasteiger partial charge in [0.05, 0.1) is 0 Å². The second-order valence-electron chi connectivity index (χ2n) is 8.08. The highest BCUT2D eigenvalue weighted by Crippen LogP contribution is 2.35. The molecule has 1 N–H and O–H groups in total. The number of carbonyl (C=O) groups excluding carboxylic acids is 2. The van der Waals surface area contributed by atoms with Gasteiger partial charge in [-0.05, 0) is 60.4 Å². The number of nitrogens with zero attached hydrogens (tertiary/aromatic N) is 1. The Bertz CT molecular complexity index is 1110. The average molecular weight is 433 g/mol. The number of benzene rings is 3. The molecule has 3 aromatic rings. The molecule has 4 nitrogen and oxygen atoms in total. The zero-order chi connectivity index (χ0) is 22.0. The van der Waals surface area contributed by atoms with Crippen molar-refractivity contribution in [3.8, 4) is 0 Å². The van der Waals surface area contributed by atoms with Crippen molar-refractivity contribution >= 4 is 29.1 Å². The Morgan fingerprint density at radius 3 is 2.32 bits per heavy atom. The molecule has 1 atom stereocenters. The second-order valence-corrected chi connectivity index (χ2v) is 8.51. The monoisotopic (exact) mass is 432 g/mol. The molecule has 0 aliphatic carbocycles. The molecule has 1 aliphatic rings. The number of carbonyl (C=O) groups is 2. The van der Waals surface area contributed by atoms with Gasteiger partial charge in [-0.25, -0.2) is 0 Å². The molecule has 31 heavy (non-hydrogen) atoms. The minimum atomic E-state index is -1.05. The van der Waals surface area contributed by atoms with E-state index in [0.717, 1.165) is 23.2 Å². The third-order valence-electron chi connectivity index (χ3n) is 5.94. The van der Waals surface area contributed by atoms with E-state index in [1.165, 1.54) is 5.56 Å². The smallest absolute Gasteiger partial charge is 0.259 e. The fourth-order valence-electron chi connectivity index (χ4n) is 4.12. The van der Waals surface area contributed by atoms with Crippen molar-refractivity contribution < 1.29 is 9.59 Å². The van der Waals surface area contributed by atoms with Gasteiger partial charge in [-0.1, -0.05) is 61.0 Å². The number of hydrogen-bond donors (Lipinski definition) is 1. The lowest BCUT2D eigenvalue weighted by Crippen LogP contribution is -2.63. The molecule has 2 amide bonds. The molecular formula is C26H25ClN2O2. The number of fused-ring (bicyclic) bond motifs is 1. The van der Waals surface area contributed by atoms with Crippen molar-refractivity contribution in [3.63, 3.8) is 0 Å². The lowest BCUT2D eigenvalue weighted by molar-refractivity contribution is -0.126. The van der Waals surface area contributed by atoms with Crippen LogP contribution < -0.4 is 10.2 Å². The molecule has 0 saturated carbocycles. The van der Waals surface area contributed by atoms with Crippen LogP contribution in [0, 0.1) is 0 Å². The Kier molecular flexibility index (Phi) is 5.84. The predicted octanol–water partition coefficient (Wildman–Crippen LogP) is 5.18. The van der Waals surface area contributed by atoms with Crippen molar-refractivity contribution in [3.05, 3.63) is 100 Å². The van der Waals surface area contributed by atoms with Crippen LogP contribution in [0.5, 0.6) is 0 Å². The molecule has 5 heteroatoms. The van der Waals surface area contributed by atoms with Crippen LogP contribution in [-0.4, -0.2) is 17.4 Å². The summed E-state index contributed by atoms with van der Waals surface area (Å²) in [4.78, 5) is 28.7. The molecule has 4 rings (SSSR count). The lowest BCUT2D eigenvalue weighted by Gasteiger charge is -2.44. The first-order chi connectivity index (χ1) is 14.9. The summed E-state index contributed by atoms with van der Waals surface area (Å²) in [6.45, 7) is 4.29. The van der Waals surface area contributed by atoms with Gasteiger partial charge in [0.25, 0.3) is 5.91 Å². The van der Waals surface area contributed by atoms with Gasteiger partial charge in [0.2, 0.25) is 5.91 Å².